The molecule has 1 aliphatic heterocycles. The molecule has 4 unspecified atom stereocenters. The molecule has 5 rings (SSSR count). The number of carbonyl (C=O) groups is 2. The van der Waals surface area contributed by atoms with Crippen molar-refractivity contribution in [2.24, 2.45) is 0 Å². The Balaban J connectivity index is 1.33. The molecule has 1 aliphatic rings. The van der Waals surface area contributed by atoms with E-state index in [1.807, 2.05) is 0 Å². The van der Waals surface area contributed by atoms with Crippen molar-refractivity contribution in [3.05, 3.63) is 113 Å². The van der Waals surface area contributed by atoms with Crippen molar-refractivity contribution in [3.63, 3.8) is 0 Å². The van der Waals surface area contributed by atoms with Crippen molar-refractivity contribution in [2.75, 3.05) is 11.9 Å². The summed E-state index contributed by atoms with van der Waals surface area (Å²) < 4.78 is 32.0. The van der Waals surface area contributed by atoms with Crippen LogP contribution < -0.4 is 11.0 Å². The Kier molecular flexibility index (Phi) is 8.22. The molecule has 2 aromatic heterocycles. The van der Waals surface area contributed by atoms with E-state index in [4.69, 9.17) is 14.0 Å². The maximum absolute atomic E-state index is 12.9. The molecule has 1 fully saturated rings. The number of amides is 1. The zero-order chi connectivity index (χ0) is 29.0. The molecule has 0 spiro atoms. The van der Waals surface area contributed by atoms with E-state index in [1.165, 1.54) is 29.2 Å². The fourth-order valence-electron chi connectivity index (χ4n) is 4.28. The first-order valence-corrected chi connectivity index (χ1v) is 14.1. The maximum Gasteiger partial charge on any atom is 0.437 e. The number of carbonyl (C=O) groups excluding carboxylic acids is 2. The lowest BCUT2D eigenvalue weighted by Gasteiger charge is -2.21. The quantitative estimate of drug-likeness (QED) is 0.222. The predicted molar refractivity (Wildman–Crippen MR) is 145 cm³/mol. The Hall–Kier alpha value is -4.42. The van der Waals surface area contributed by atoms with E-state index >= 15 is 0 Å². The van der Waals surface area contributed by atoms with Crippen LogP contribution in [0.1, 0.15) is 39.2 Å². The molecule has 41 heavy (non-hydrogen) atoms. The third kappa shape index (κ3) is 6.50. The molecular weight excluding hydrogens is 553 g/mol. The Labute approximate surface area is 233 Å². The average molecular weight is 580 g/mol. The van der Waals surface area contributed by atoms with Gasteiger partial charge in [0.05, 0.1) is 12.2 Å². The highest BCUT2D eigenvalue weighted by Crippen LogP contribution is 2.45. The first-order chi connectivity index (χ1) is 19.7. The minimum atomic E-state index is -4.34. The highest BCUT2D eigenvalue weighted by Gasteiger charge is 2.41. The number of nitrogens with one attached hydrogen (secondary N) is 1. The number of aryl methyl sites for hydroxylation is 1. The molecule has 0 aliphatic carbocycles. The largest absolute Gasteiger partial charge is 0.456 e. The number of hydrogen-bond donors (Lipinski definition) is 2. The van der Waals surface area contributed by atoms with Crippen LogP contribution >= 0.6 is 7.75 Å². The van der Waals surface area contributed by atoms with Gasteiger partial charge in [0.15, 0.2) is 0 Å². The van der Waals surface area contributed by atoms with Gasteiger partial charge in [-0.3, -0.25) is 13.9 Å². The number of rotatable bonds is 9. The van der Waals surface area contributed by atoms with Gasteiger partial charge in [0, 0.05) is 30.6 Å². The summed E-state index contributed by atoms with van der Waals surface area (Å²) in [7, 11) is -4.34. The SMILES string of the molecule is Cc1nccn1P(=O)(O)OCC1OC(n2ccc(NC(=O)c3ccccc3)nc2=O)CC1OC(=O)c1ccccc1. The third-order valence-electron chi connectivity index (χ3n) is 6.35. The maximum atomic E-state index is 12.9. The van der Waals surface area contributed by atoms with Gasteiger partial charge in [0.2, 0.25) is 0 Å². The van der Waals surface area contributed by atoms with Gasteiger partial charge in [-0.2, -0.15) is 4.98 Å². The minimum Gasteiger partial charge on any atom is -0.456 e. The monoisotopic (exact) mass is 579 g/mol. The van der Waals surface area contributed by atoms with Crippen molar-refractivity contribution in [1.82, 2.24) is 18.9 Å². The summed E-state index contributed by atoms with van der Waals surface area (Å²) in [5.41, 5.74) is -0.0251. The van der Waals surface area contributed by atoms with Gasteiger partial charge >= 0.3 is 19.4 Å². The average Bonchev–Trinajstić information content (AvgIpc) is 3.59. The second-order valence-corrected chi connectivity index (χ2v) is 10.8. The van der Waals surface area contributed by atoms with Crippen molar-refractivity contribution < 1.29 is 33.0 Å². The smallest absolute Gasteiger partial charge is 0.437 e. The second-order valence-electron chi connectivity index (χ2n) is 9.10. The van der Waals surface area contributed by atoms with E-state index in [9.17, 15) is 23.8 Å². The summed E-state index contributed by atoms with van der Waals surface area (Å²) in [6.07, 6.45) is 1.23. The van der Waals surface area contributed by atoms with Crippen molar-refractivity contribution in [3.8, 4) is 0 Å². The summed E-state index contributed by atoms with van der Waals surface area (Å²) in [5.74, 6) is -0.752. The van der Waals surface area contributed by atoms with E-state index in [0.29, 0.717) is 11.1 Å². The summed E-state index contributed by atoms with van der Waals surface area (Å²) in [5, 5.41) is 2.57. The molecule has 2 aromatic carbocycles. The lowest BCUT2D eigenvalue weighted by atomic mass is 10.1. The zero-order valence-electron chi connectivity index (χ0n) is 21.8. The molecule has 4 atom stereocenters. The molecule has 4 aromatic rings. The fourth-order valence-corrected chi connectivity index (χ4v) is 5.39. The highest BCUT2D eigenvalue weighted by molar-refractivity contribution is 7.51. The normalized spacial score (nSPS) is 19.8. The van der Waals surface area contributed by atoms with E-state index in [2.05, 4.69) is 15.3 Å². The minimum absolute atomic E-state index is 0.0315. The van der Waals surface area contributed by atoms with Gasteiger partial charge in [-0.05, 0) is 37.3 Å². The van der Waals surface area contributed by atoms with E-state index in [0.717, 1.165) is 4.34 Å². The number of esters is 1. The Morgan fingerprint density at radius 1 is 1.07 bits per heavy atom. The Bertz CT molecular complexity index is 1640. The zero-order valence-corrected chi connectivity index (χ0v) is 22.7. The number of imidazole rings is 1. The highest BCUT2D eigenvalue weighted by atomic mass is 31.2. The van der Waals surface area contributed by atoms with Gasteiger partial charge in [0.1, 0.15) is 30.1 Å². The summed E-state index contributed by atoms with van der Waals surface area (Å²) in [4.78, 5) is 56.5. The van der Waals surface area contributed by atoms with E-state index < -0.39 is 50.4 Å². The van der Waals surface area contributed by atoms with Crippen LogP contribution in [0.25, 0.3) is 0 Å². The van der Waals surface area contributed by atoms with Crippen LogP contribution in [-0.2, 0) is 18.6 Å². The van der Waals surface area contributed by atoms with Crippen LogP contribution in [0.15, 0.2) is 90.1 Å². The molecule has 212 valence electrons. The number of nitrogens with zero attached hydrogens (tertiary/aromatic N) is 4. The first-order valence-electron chi connectivity index (χ1n) is 12.6. The molecule has 14 heteroatoms. The number of benzene rings is 2. The number of ether oxygens (including phenoxy) is 2. The molecule has 3 heterocycles. The lowest BCUT2D eigenvalue weighted by Crippen LogP contribution is -2.31. The Morgan fingerprint density at radius 3 is 2.39 bits per heavy atom. The number of aromatic nitrogens is 4. The number of anilines is 1. The molecule has 1 saturated heterocycles. The predicted octanol–water partition coefficient (Wildman–Crippen LogP) is 3.18. The van der Waals surface area contributed by atoms with Gasteiger partial charge < -0.3 is 19.7 Å². The molecule has 1 amide bonds. The van der Waals surface area contributed by atoms with Crippen LogP contribution in [0, 0.1) is 6.92 Å². The van der Waals surface area contributed by atoms with Gasteiger partial charge in [0.25, 0.3) is 5.91 Å². The van der Waals surface area contributed by atoms with Crippen LogP contribution in [-0.4, -0.2) is 54.5 Å². The van der Waals surface area contributed by atoms with E-state index in [-0.39, 0.29) is 18.1 Å². The van der Waals surface area contributed by atoms with Crippen LogP contribution in [0.4, 0.5) is 5.82 Å². The summed E-state index contributed by atoms with van der Waals surface area (Å²) in [6, 6.07) is 18.2. The molecular formula is C27H26N5O8P. The summed E-state index contributed by atoms with van der Waals surface area (Å²) >= 11 is 0. The summed E-state index contributed by atoms with van der Waals surface area (Å²) in [6.45, 7) is 1.12. The molecule has 0 saturated carbocycles. The van der Waals surface area contributed by atoms with Crippen molar-refractivity contribution in [1.29, 1.82) is 0 Å². The molecule has 13 nitrogen and oxygen atoms in total. The molecule has 0 bridgehead atoms. The standard InChI is InChI=1S/C27H26N5O8P/c1-18-28-13-15-32(18)41(36,37)38-17-22-21(40-26(34)20-10-6-3-7-11-20)16-24(39-22)31-14-12-23(30-27(31)35)29-25(33)19-8-4-2-5-9-19/h2-15,21-22,24H,16-17H2,1H3,(H,36,37)(H,29,30,33,35). The van der Waals surface area contributed by atoms with Gasteiger partial charge in [-0.1, -0.05) is 36.4 Å². The molecule has 0 radical (unpaired) electrons. The van der Waals surface area contributed by atoms with Gasteiger partial charge in [-0.15, -0.1) is 0 Å². The lowest BCUT2D eigenvalue weighted by molar-refractivity contribution is -0.0492. The van der Waals surface area contributed by atoms with Crippen LogP contribution in [0.2, 0.25) is 0 Å². The Morgan fingerprint density at radius 2 is 1.76 bits per heavy atom. The number of hydrogen-bond acceptors (Lipinski definition) is 9. The van der Waals surface area contributed by atoms with Gasteiger partial charge in [-0.25, -0.2) is 23.5 Å². The second kappa shape index (κ2) is 12.0. The van der Waals surface area contributed by atoms with Crippen LogP contribution in [0.5, 0.6) is 0 Å². The van der Waals surface area contributed by atoms with Crippen molar-refractivity contribution in [2.45, 2.75) is 31.8 Å². The fraction of sp³-hybridized carbons (Fsp3) is 0.222. The first kappa shape index (κ1) is 28.1. The van der Waals surface area contributed by atoms with Crippen LogP contribution in [0.3, 0.4) is 0 Å². The molecule has 2 N–H and O–H groups in total. The van der Waals surface area contributed by atoms with E-state index in [1.54, 1.807) is 67.6 Å². The topological polar surface area (TPSA) is 164 Å². The third-order valence-corrected chi connectivity index (χ3v) is 7.80. The van der Waals surface area contributed by atoms with Crippen molar-refractivity contribution >= 4 is 25.4 Å².